The van der Waals surface area contributed by atoms with Gasteiger partial charge in [-0.2, -0.15) is 0 Å². The molecule has 1 aliphatic heterocycles. The van der Waals surface area contributed by atoms with Gasteiger partial charge in [0.05, 0.1) is 11.7 Å². The molecule has 0 saturated carbocycles. The highest BCUT2D eigenvalue weighted by atomic mass is 79.9. The van der Waals surface area contributed by atoms with Gasteiger partial charge in [0, 0.05) is 29.5 Å². The summed E-state index contributed by atoms with van der Waals surface area (Å²) in [6.45, 7) is 5.88. The van der Waals surface area contributed by atoms with Gasteiger partial charge >= 0.3 is 6.03 Å². The van der Waals surface area contributed by atoms with Crippen molar-refractivity contribution in [3.8, 4) is 0 Å². The Kier molecular flexibility index (Phi) is 4.25. The van der Waals surface area contributed by atoms with Crippen LogP contribution in [0.5, 0.6) is 0 Å². The van der Waals surface area contributed by atoms with E-state index in [-0.39, 0.29) is 12.1 Å². The number of hydrogen-bond donors (Lipinski definition) is 1. The van der Waals surface area contributed by atoms with E-state index in [9.17, 15) is 4.79 Å². The van der Waals surface area contributed by atoms with E-state index in [0.717, 1.165) is 23.2 Å². The van der Waals surface area contributed by atoms with Crippen LogP contribution < -0.4 is 5.32 Å². The van der Waals surface area contributed by atoms with E-state index in [1.165, 1.54) is 5.69 Å². The predicted octanol–water partition coefficient (Wildman–Crippen LogP) is 4.50. The number of nitrogens with zero attached hydrogens (tertiary/aromatic N) is 2. The third-order valence-electron chi connectivity index (χ3n) is 4.09. The molecule has 3 rings (SSSR count). The number of aromatic nitrogens is 1. The molecule has 0 radical (unpaired) electrons. The zero-order valence-corrected chi connectivity index (χ0v) is 14.4. The number of halogens is 1. The van der Waals surface area contributed by atoms with E-state index in [1.54, 1.807) is 0 Å². The summed E-state index contributed by atoms with van der Waals surface area (Å²) >= 11 is 3.48. The van der Waals surface area contributed by atoms with Crippen LogP contribution in [0.1, 0.15) is 25.6 Å². The lowest BCUT2D eigenvalue weighted by Crippen LogP contribution is -2.45. The zero-order chi connectivity index (χ0) is 15.7. The first-order valence-electron chi connectivity index (χ1n) is 7.55. The molecule has 2 amide bonds. The van der Waals surface area contributed by atoms with Crippen molar-refractivity contribution in [1.82, 2.24) is 9.47 Å². The normalized spacial score (nSPS) is 17.5. The van der Waals surface area contributed by atoms with Crippen molar-refractivity contribution in [1.29, 1.82) is 0 Å². The predicted molar refractivity (Wildman–Crippen MR) is 91.9 cm³/mol. The fourth-order valence-electron chi connectivity index (χ4n) is 3.09. The van der Waals surface area contributed by atoms with Crippen LogP contribution in [0.3, 0.4) is 0 Å². The molecule has 0 spiro atoms. The number of urea groups is 1. The second-order valence-electron chi connectivity index (χ2n) is 5.92. The van der Waals surface area contributed by atoms with Crippen LogP contribution in [0, 0.1) is 5.92 Å². The van der Waals surface area contributed by atoms with Crippen LogP contribution in [0.25, 0.3) is 0 Å². The Balaban J connectivity index is 1.84. The average molecular weight is 362 g/mol. The van der Waals surface area contributed by atoms with E-state index in [2.05, 4.69) is 58.0 Å². The summed E-state index contributed by atoms with van der Waals surface area (Å²) in [5.41, 5.74) is 2.01. The Bertz CT molecular complexity index is 680. The van der Waals surface area contributed by atoms with Gasteiger partial charge in [0.15, 0.2) is 0 Å². The summed E-state index contributed by atoms with van der Waals surface area (Å²) in [4.78, 5) is 14.7. The second-order valence-corrected chi connectivity index (χ2v) is 6.77. The summed E-state index contributed by atoms with van der Waals surface area (Å²) in [6.07, 6.45) is 2.09. The van der Waals surface area contributed by atoms with Crippen molar-refractivity contribution in [2.45, 2.75) is 26.4 Å². The first-order chi connectivity index (χ1) is 10.6. The molecule has 0 aliphatic carbocycles. The number of rotatable bonds is 2. The molecule has 1 aliphatic rings. The maximum Gasteiger partial charge on any atom is 0.322 e. The Hall–Kier alpha value is -1.75. The molecule has 1 N–H and O–H groups in total. The molecule has 1 aromatic carbocycles. The maximum absolute atomic E-state index is 12.8. The molecule has 2 aromatic rings. The number of para-hydroxylation sites is 1. The summed E-state index contributed by atoms with van der Waals surface area (Å²) in [6, 6.07) is 11.9. The van der Waals surface area contributed by atoms with E-state index < -0.39 is 0 Å². The highest BCUT2D eigenvalue weighted by molar-refractivity contribution is 9.10. The first kappa shape index (κ1) is 15.2. The van der Waals surface area contributed by atoms with Gasteiger partial charge in [0.2, 0.25) is 0 Å². The van der Waals surface area contributed by atoms with Crippen molar-refractivity contribution in [2.75, 3.05) is 11.9 Å². The molecular formula is C17H20BrN3O. The minimum absolute atomic E-state index is 0.0435. The molecule has 0 fully saturated rings. The van der Waals surface area contributed by atoms with Crippen molar-refractivity contribution >= 4 is 27.6 Å². The van der Waals surface area contributed by atoms with Gasteiger partial charge in [-0.1, -0.05) is 26.0 Å². The van der Waals surface area contributed by atoms with Crippen LogP contribution in [0.4, 0.5) is 10.5 Å². The molecule has 22 heavy (non-hydrogen) atoms. The number of hydrogen-bond acceptors (Lipinski definition) is 1. The third-order valence-corrected chi connectivity index (χ3v) is 4.78. The zero-order valence-electron chi connectivity index (χ0n) is 12.8. The monoisotopic (exact) mass is 361 g/mol. The van der Waals surface area contributed by atoms with Gasteiger partial charge in [-0.15, -0.1) is 0 Å². The quantitative estimate of drug-likeness (QED) is 0.840. The smallest absolute Gasteiger partial charge is 0.322 e. The Labute approximate surface area is 139 Å². The molecule has 1 aromatic heterocycles. The second kappa shape index (κ2) is 6.16. The largest absolute Gasteiger partial charge is 0.348 e. The molecular weight excluding hydrogens is 342 g/mol. The highest BCUT2D eigenvalue weighted by Gasteiger charge is 2.33. The number of amides is 2. The average Bonchev–Trinajstić information content (AvgIpc) is 2.96. The van der Waals surface area contributed by atoms with Crippen molar-refractivity contribution in [3.63, 3.8) is 0 Å². The number of nitrogens with one attached hydrogen (secondary N) is 1. The van der Waals surface area contributed by atoms with Crippen LogP contribution in [-0.2, 0) is 6.54 Å². The Morgan fingerprint density at radius 1 is 1.23 bits per heavy atom. The lowest BCUT2D eigenvalue weighted by Gasteiger charge is -2.39. The van der Waals surface area contributed by atoms with Gasteiger partial charge in [0.1, 0.15) is 0 Å². The molecule has 1 atom stereocenters. The van der Waals surface area contributed by atoms with Crippen LogP contribution in [0.15, 0.2) is 47.1 Å². The summed E-state index contributed by atoms with van der Waals surface area (Å²) in [7, 11) is 0. The highest BCUT2D eigenvalue weighted by Crippen LogP contribution is 2.33. The third kappa shape index (κ3) is 2.77. The Morgan fingerprint density at radius 2 is 2.00 bits per heavy atom. The Morgan fingerprint density at radius 3 is 2.73 bits per heavy atom. The molecule has 2 heterocycles. The van der Waals surface area contributed by atoms with E-state index in [1.807, 2.05) is 29.2 Å². The van der Waals surface area contributed by atoms with E-state index in [0.29, 0.717) is 5.92 Å². The molecule has 1 unspecified atom stereocenters. The van der Waals surface area contributed by atoms with Gasteiger partial charge in [-0.05, 0) is 46.1 Å². The first-order valence-corrected chi connectivity index (χ1v) is 8.34. The number of carbonyl (C=O) groups excluding carboxylic acids is 1. The SMILES string of the molecule is CC(C)C1c2cccn2CCN1C(=O)Nc1ccccc1Br. The number of fused-ring (bicyclic) bond motifs is 1. The van der Waals surface area contributed by atoms with Gasteiger partial charge in [-0.25, -0.2) is 4.79 Å². The van der Waals surface area contributed by atoms with E-state index >= 15 is 0 Å². The van der Waals surface area contributed by atoms with Crippen molar-refractivity contribution in [2.24, 2.45) is 5.92 Å². The lowest BCUT2D eigenvalue weighted by atomic mass is 9.97. The molecule has 4 nitrogen and oxygen atoms in total. The van der Waals surface area contributed by atoms with Crippen molar-refractivity contribution < 1.29 is 4.79 Å². The fourth-order valence-corrected chi connectivity index (χ4v) is 3.48. The van der Waals surface area contributed by atoms with Gasteiger partial charge in [0.25, 0.3) is 0 Å². The standard InChI is InChI=1S/C17H20BrN3O/c1-12(2)16-15-8-5-9-20(15)10-11-21(16)17(22)19-14-7-4-3-6-13(14)18/h3-9,12,16H,10-11H2,1-2H3,(H,19,22). The minimum atomic E-state index is -0.0435. The van der Waals surface area contributed by atoms with Gasteiger partial charge in [-0.3, -0.25) is 0 Å². The number of carbonyl (C=O) groups is 1. The number of anilines is 1. The molecule has 116 valence electrons. The summed E-state index contributed by atoms with van der Waals surface area (Å²) in [5.74, 6) is 0.360. The molecule has 0 saturated heterocycles. The van der Waals surface area contributed by atoms with E-state index in [4.69, 9.17) is 0 Å². The van der Waals surface area contributed by atoms with Crippen LogP contribution in [-0.4, -0.2) is 22.0 Å². The molecule has 5 heteroatoms. The number of benzene rings is 1. The lowest BCUT2D eigenvalue weighted by molar-refractivity contribution is 0.144. The van der Waals surface area contributed by atoms with Gasteiger partial charge < -0.3 is 14.8 Å². The maximum atomic E-state index is 12.8. The topological polar surface area (TPSA) is 37.3 Å². The minimum Gasteiger partial charge on any atom is -0.348 e. The van der Waals surface area contributed by atoms with Crippen LogP contribution in [0.2, 0.25) is 0 Å². The fraction of sp³-hybridized carbons (Fsp3) is 0.353. The molecule has 0 bridgehead atoms. The van der Waals surface area contributed by atoms with Crippen molar-refractivity contribution in [3.05, 3.63) is 52.8 Å². The summed E-state index contributed by atoms with van der Waals surface area (Å²) < 4.78 is 3.14. The van der Waals surface area contributed by atoms with Crippen LogP contribution >= 0.6 is 15.9 Å². The summed E-state index contributed by atoms with van der Waals surface area (Å²) in [5, 5.41) is 3.02.